The molecule has 2 aromatic heterocycles. The first-order valence-corrected chi connectivity index (χ1v) is 5.45. The Labute approximate surface area is 104 Å². The number of hydrogen-bond donors (Lipinski definition) is 1. The Balaban J connectivity index is 1.85. The molecule has 0 aliphatic rings. The van der Waals surface area contributed by atoms with Crippen LogP contribution in [0, 0.1) is 10.1 Å². The first-order valence-electron chi connectivity index (χ1n) is 5.45. The molecule has 2 heterocycles. The second-order valence-electron chi connectivity index (χ2n) is 3.69. The van der Waals surface area contributed by atoms with E-state index >= 15 is 0 Å². The molecular weight excluding hydrogens is 232 g/mol. The van der Waals surface area contributed by atoms with Crippen molar-refractivity contribution in [1.82, 2.24) is 15.3 Å². The van der Waals surface area contributed by atoms with E-state index in [2.05, 4.69) is 15.3 Å². The third-order valence-corrected chi connectivity index (χ3v) is 2.36. The Morgan fingerprint density at radius 2 is 1.89 bits per heavy atom. The summed E-state index contributed by atoms with van der Waals surface area (Å²) in [7, 11) is 0. The van der Waals surface area contributed by atoms with Gasteiger partial charge in [0.25, 0.3) is 5.69 Å². The molecule has 0 saturated carbocycles. The van der Waals surface area contributed by atoms with E-state index in [4.69, 9.17) is 0 Å². The zero-order valence-corrected chi connectivity index (χ0v) is 9.61. The second kappa shape index (κ2) is 5.83. The van der Waals surface area contributed by atoms with Crippen molar-refractivity contribution in [2.24, 2.45) is 0 Å². The van der Waals surface area contributed by atoms with Crippen LogP contribution in [0.4, 0.5) is 5.69 Å². The molecule has 0 atom stereocenters. The molecule has 6 heteroatoms. The number of pyridine rings is 2. The SMILES string of the molecule is O=[N+]([O-])c1ccc(CNCc2ccccn2)nc1. The zero-order valence-electron chi connectivity index (χ0n) is 9.61. The highest BCUT2D eigenvalue weighted by Crippen LogP contribution is 2.08. The van der Waals surface area contributed by atoms with Gasteiger partial charge in [-0.05, 0) is 18.2 Å². The predicted octanol–water partition coefficient (Wildman–Crippen LogP) is 1.67. The molecule has 2 aromatic rings. The number of rotatable bonds is 5. The van der Waals surface area contributed by atoms with E-state index in [1.807, 2.05) is 18.2 Å². The van der Waals surface area contributed by atoms with Gasteiger partial charge in [0.1, 0.15) is 6.20 Å². The lowest BCUT2D eigenvalue weighted by Gasteiger charge is -2.03. The lowest BCUT2D eigenvalue weighted by atomic mass is 10.3. The lowest BCUT2D eigenvalue weighted by molar-refractivity contribution is -0.385. The summed E-state index contributed by atoms with van der Waals surface area (Å²) in [5.41, 5.74) is 1.71. The van der Waals surface area contributed by atoms with Crippen molar-refractivity contribution in [3.05, 3.63) is 64.2 Å². The fraction of sp³-hybridized carbons (Fsp3) is 0.167. The fourth-order valence-corrected chi connectivity index (χ4v) is 1.45. The lowest BCUT2D eigenvalue weighted by Crippen LogP contribution is -2.14. The smallest absolute Gasteiger partial charge is 0.287 e. The summed E-state index contributed by atoms with van der Waals surface area (Å²) in [5, 5.41) is 13.6. The summed E-state index contributed by atoms with van der Waals surface area (Å²) >= 11 is 0. The predicted molar refractivity (Wildman–Crippen MR) is 65.7 cm³/mol. The summed E-state index contributed by atoms with van der Waals surface area (Å²) in [4.78, 5) is 18.2. The van der Waals surface area contributed by atoms with Crippen LogP contribution in [0.25, 0.3) is 0 Å². The number of aromatic nitrogens is 2. The van der Waals surface area contributed by atoms with Crippen molar-refractivity contribution in [2.45, 2.75) is 13.1 Å². The Morgan fingerprint density at radius 1 is 1.11 bits per heavy atom. The summed E-state index contributed by atoms with van der Waals surface area (Å²) in [6.45, 7) is 1.19. The Kier molecular flexibility index (Phi) is 3.93. The van der Waals surface area contributed by atoms with Crippen LogP contribution in [-0.2, 0) is 13.1 Å². The summed E-state index contributed by atoms with van der Waals surface area (Å²) < 4.78 is 0. The molecular formula is C12H12N4O2. The normalized spacial score (nSPS) is 10.2. The van der Waals surface area contributed by atoms with Gasteiger partial charge in [0.15, 0.2) is 0 Å². The second-order valence-corrected chi connectivity index (χ2v) is 3.69. The van der Waals surface area contributed by atoms with Crippen LogP contribution in [0.15, 0.2) is 42.7 Å². The minimum atomic E-state index is -0.460. The monoisotopic (exact) mass is 244 g/mol. The zero-order chi connectivity index (χ0) is 12.8. The van der Waals surface area contributed by atoms with Crippen LogP contribution < -0.4 is 5.32 Å². The van der Waals surface area contributed by atoms with Gasteiger partial charge in [0.05, 0.1) is 16.3 Å². The first kappa shape index (κ1) is 12.1. The van der Waals surface area contributed by atoms with Crippen molar-refractivity contribution >= 4 is 5.69 Å². The van der Waals surface area contributed by atoms with E-state index in [9.17, 15) is 10.1 Å². The van der Waals surface area contributed by atoms with E-state index in [0.717, 1.165) is 11.4 Å². The quantitative estimate of drug-likeness (QED) is 0.639. The highest BCUT2D eigenvalue weighted by Gasteiger charge is 2.04. The van der Waals surface area contributed by atoms with Gasteiger partial charge in [-0.15, -0.1) is 0 Å². The minimum Gasteiger partial charge on any atom is -0.306 e. The molecule has 0 unspecified atom stereocenters. The topological polar surface area (TPSA) is 81.0 Å². The molecule has 0 aliphatic carbocycles. The standard InChI is InChI=1S/C12H12N4O2/c17-16(18)12-5-4-11(15-9-12)8-13-7-10-3-1-2-6-14-10/h1-6,9,13H,7-8H2. The molecule has 0 bridgehead atoms. The number of hydrogen-bond acceptors (Lipinski definition) is 5. The molecule has 0 fully saturated rings. The fourth-order valence-electron chi connectivity index (χ4n) is 1.45. The van der Waals surface area contributed by atoms with Crippen LogP contribution >= 0.6 is 0 Å². The maximum atomic E-state index is 10.5. The van der Waals surface area contributed by atoms with Gasteiger partial charge in [0, 0.05) is 25.4 Å². The van der Waals surface area contributed by atoms with Crippen LogP contribution in [0.3, 0.4) is 0 Å². The van der Waals surface area contributed by atoms with E-state index < -0.39 is 4.92 Å². The van der Waals surface area contributed by atoms with E-state index in [0.29, 0.717) is 13.1 Å². The van der Waals surface area contributed by atoms with Gasteiger partial charge >= 0.3 is 0 Å². The van der Waals surface area contributed by atoms with E-state index in [1.165, 1.54) is 12.3 Å². The van der Waals surface area contributed by atoms with Gasteiger partial charge in [-0.1, -0.05) is 6.07 Å². The van der Waals surface area contributed by atoms with Crippen LogP contribution in [0.5, 0.6) is 0 Å². The van der Waals surface area contributed by atoms with Crippen molar-refractivity contribution in [2.75, 3.05) is 0 Å². The number of nitrogens with zero attached hydrogens (tertiary/aromatic N) is 3. The molecule has 18 heavy (non-hydrogen) atoms. The molecule has 0 aromatic carbocycles. The van der Waals surface area contributed by atoms with E-state index in [-0.39, 0.29) is 5.69 Å². The Morgan fingerprint density at radius 3 is 2.44 bits per heavy atom. The highest BCUT2D eigenvalue weighted by atomic mass is 16.6. The van der Waals surface area contributed by atoms with Crippen LogP contribution in [-0.4, -0.2) is 14.9 Å². The largest absolute Gasteiger partial charge is 0.306 e. The van der Waals surface area contributed by atoms with Gasteiger partial charge in [-0.25, -0.2) is 0 Å². The summed E-state index contributed by atoms with van der Waals surface area (Å²) in [5.74, 6) is 0. The molecule has 0 saturated heterocycles. The minimum absolute atomic E-state index is 0.00322. The summed E-state index contributed by atoms with van der Waals surface area (Å²) in [6.07, 6.45) is 3.00. The van der Waals surface area contributed by atoms with Crippen molar-refractivity contribution in [3.63, 3.8) is 0 Å². The van der Waals surface area contributed by atoms with Gasteiger partial charge in [-0.3, -0.25) is 20.1 Å². The van der Waals surface area contributed by atoms with Crippen molar-refractivity contribution < 1.29 is 4.92 Å². The van der Waals surface area contributed by atoms with Gasteiger partial charge in [-0.2, -0.15) is 0 Å². The maximum Gasteiger partial charge on any atom is 0.287 e. The van der Waals surface area contributed by atoms with Crippen LogP contribution in [0.1, 0.15) is 11.4 Å². The summed E-state index contributed by atoms with van der Waals surface area (Å²) in [6, 6.07) is 8.81. The van der Waals surface area contributed by atoms with Gasteiger partial charge < -0.3 is 5.32 Å². The third-order valence-electron chi connectivity index (χ3n) is 2.36. The van der Waals surface area contributed by atoms with Gasteiger partial charge in [0.2, 0.25) is 0 Å². The highest BCUT2D eigenvalue weighted by molar-refractivity contribution is 5.26. The van der Waals surface area contributed by atoms with Crippen LogP contribution in [0.2, 0.25) is 0 Å². The Bertz CT molecular complexity index is 513. The average Bonchev–Trinajstić information content (AvgIpc) is 2.40. The Hall–Kier alpha value is -2.34. The number of nitro groups is 1. The van der Waals surface area contributed by atoms with E-state index in [1.54, 1.807) is 12.3 Å². The molecule has 0 spiro atoms. The molecule has 0 aliphatic heterocycles. The molecule has 0 amide bonds. The molecule has 2 rings (SSSR count). The van der Waals surface area contributed by atoms with Crippen molar-refractivity contribution in [3.8, 4) is 0 Å². The molecule has 1 N–H and O–H groups in total. The van der Waals surface area contributed by atoms with Crippen molar-refractivity contribution in [1.29, 1.82) is 0 Å². The molecule has 92 valence electrons. The maximum absolute atomic E-state index is 10.5. The molecule has 0 radical (unpaired) electrons. The first-order chi connectivity index (χ1) is 8.75. The third kappa shape index (κ3) is 3.33. The number of nitrogens with one attached hydrogen (secondary N) is 1. The molecule has 6 nitrogen and oxygen atoms in total. The average molecular weight is 244 g/mol.